The van der Waals surface area contributed by atoms with Gasteiger partial charge in [0, 0.05) is 25.9 Å². The van der Waals surface area contributed by atoms with Gasteiger partial charge in [-0.3, -0.25) is 4.79 Å². The van der Waals surface area contributed by atoms with Crippen LogP contribution in [0.5, 0.6) is 0 Å². The molecule has 0 aliphatic rings. The van der Waals surface area contributed by atoms with Gasteiger partial charge in [0.15, 0.2) is 0 Å². The molecule has 5 heteroatoms. The summed E-state index contributed by atoms with van der Waals surface area (Å²) in [6, 6.07) is 5.50. The maximum atomic E-state index is 12.1. The zero-order valence-electron chi connectivity index (χ0n) is 11.3. The fourth-order valence-electron chi connectivity index (χ4n) is 1.43. The summed E-state index contributed by atoms with van der Waals surface area (Å²) in [4.78, 5) is 18.1. The summed E-state index contributed by atoms with van der Waals surface area (Å²) in [7, 11) is 1.81. The van der Waals surface area contributed by atoms with E-state index in [1.807, 2.05) is 25.4 Å². The van der Waals surface area contributed by atoms with E-state index in [-0.39, 0.29) is 5.91 Å². The smallest absolute Gasteiger partial charge is 0.272 e. The molecule has 1 heterocycles. The van der Waals surface area contributed by atoms with Gasteiger partial charge in [-0.2, -0.15) is 11.8 Å². The van der Waals surface area contributed by atoms with E-state index in [0.717, 1.165) is 31.1 Å². The average Bonchev–Trinajstić information content (AvgIpc) is 2.42. The molecule has 1 rings (SSSR count). The number of carbonyl (C=O) groups excluding carboxylic acids is 1. The summed E-state index contributed by atoms with van der Waals surface area (Å²) >= 11 is 1.73. The molecular formula is C13H21N3OS. The Morgan fingerprint density at radius 1 is 1.50 bits per heavy atom. The molecule has 0 saturated heterocycles. The van der Waals surface area contributed by atoms with Crippen LogP contribution in [0.4, 0.5) is 5.82 Å². The lowest BCUT2D eigenvalue weighted by molar-refractivity contribution is 0.0798. The van der Waals surface area contributed by atoms with E-state index in [2.05, 4.69) is 17.2 Å². The minimum atomic E-state index is -0.0239. The van der Waals surface area contributed by atoms with Crippen molar-refractivity contribution in [2.45, 2.75) is 13.3 Å². The van der Waals surface area contributed by atoms with Crippen molar-refractivity contribution in [3.05, 3.63) is 23.9 Å². The van der Waals surface area contributed by atoms with Crippen LogP contribution in [0.2, 0.25) is 0 Å². The second kappa shape index (κ2) is 7.97. The third-order valence-corrected chi connectivity index (χ3v) is 3.09. The third-order valence-electron chi connectivity index (χ3n) is 2.50. The highest BCUT2D eigenvalue weighted by Crippen LogP contribution is 2.07. The second-order valence-electron chi connectivity index (χ2n) is 4.05. The molecule has 0 fully saturated rings. The first-order valence-corrected chi connectivity index (χ1v) is 7.53. The molecule has 0 bridgehead atoms. The summed E-state index contributed by atoms with van der Waals surface area (Å²) in [5.74, 6) is 1.68. The molecule has 1 aromatic rings. The minimum Gasteiger partial charge on any atom is -0.370 e. The minimum absolute atomic E-state index is 0.0239. The van der Waals surface area contributed by atoms with E-state index in [0.29, 0.717) is 5.69 Å². The molecule has 1 aromatic heterocycles. The van der Waals surface area contributed by atoms with Gasteiger partial charge in [-0.05, 0) is 24.8 Å². The van der Waals surface area contributed by atoms with Gasteiger partial charge < -0.3 is 10.2 Å². The number of carbonyl (C=O) groups is 1. The Kier molecular flexibility index (Phi) is 6.57. The normalized spacial score (nSPS) is 10.2. The quantitative estimate of drug-likeness (QED) is 0.823. The van der Waals surface area contributed by atoms with Crippen LogP contribution in [0, 0.1) is 0 Å². The van der Waals surface area contributed by atoms with E-state index in [1.165, 1.54) is 0 Å². The van der Waals surface area contributed by atoms with Crippen molar-refractivity contribution in [2.75, 3.05) is 37.5 Å². The lowest BCUT2D eigenvalue weighted by Crippen LogP contribution is -2.29. The highest BCUT2D eigenvalue weighted by Gasteiger charge is 2.12. The van der Waals surface area contributed by atoms with Gasteiger partial charge in [0.05, 0.1) is 0 Å². The summed E-state index contributed by atoms with van der Waals surface area (Å²) in [5.41, 5.74) is 0.500. The van der Waals surface area contributed by atoms with Crippen LogP contribution in [0.15, 0.2) is 18.2 Å². The number of nitrogens with one attached hydrogen (secondary N) is 1. The molecule has 0 radical (unpaired) electrons. The largest absolute Gasteiger partial charge is 0.370 e. The van der Waals surface area contributed by atoms with Crippen molar-refractivity contribution in [3.8, 4) is 0 Å². The SMILES string of the molecule is CCCNc1cccc(C(=O)N(C)CCSC)n1. The molecule has 0 aliphatic carbocycles. The molecule has 100 valence electrons. The molecular weight excluding hydrogens is 246 g/mol. The van der Waals surface area contributed by atoms with Gasteiger partial charge in [0.25, 0.3) is 5.91 Å². The van der Waals surface area contributed by atoms with Crippen molar-refractivity contribution in [1.29, 1.82) is 0 Å². The summed E-state index contributed by atoms with van der Waals surface area (Å²) in [5, 5.41) is 3.19. The maximum absolute atomic E-state index is 12.1. The van der Waals surface area contributed by atoms with Crippen molar-refractivity contribution >= 4 is 23.5 Å². The predicted octanol–water partition coefficient (Wildman–Crippen LogP) is 2.34. The first-order chi connectivity index (χ1) is 8.69. The average molecular weight is 267 g/mol. The van der Waals surface area contributed by atoms with E-state index in [4.69, 9.17) is 0 Å². The number of anilines is 1. The molecule has 1 amide bonds. The van der Waals surface area contributed by atoms with Gasteiger partial charge in [-0.15, -0.1) is 0 Å². The molecule has 0 saturated carbocycles. The number of pyridine rings is 1. The molecule has 0 unspecified atom stereocenters. The number of hydrogen-bond acceptors (Lipinski definition) is 4. The Bertz CT molecular complexity index is 384. The van der Waals surface area contributed by atoms with E-state index in [9.17, 15) is 4.79 Å². The van der Waals surface area contributed by atoms with Crippen molar-refractivity contribution in [1.82, 2.24) is 9.88 Å². The zero-order valence-corrected chi connectivity index (χ0v) is 12.1. The summed E-state index contributed by atoms with van der Waals surface area (Å²) < 4.78 is 0. The fraction of sp³-hybridized carbons (Fsp3) is 0.538. The summed E-state index contributed by atoms with van der Waals surface area (Å²) in [6.07, 6.45) is 3.07. The molecule has 0 atom stereocenters. The Hall–Kier alpha value is -1.23. The van der Waals surface area contributed by atoms with E-state index < -0.39 is 0 Å². The zero-order chi connectivity index (χ0) is 13.4. The number of hydrogen-bond donors (Lipinski definition) is 1. The number of nitrogens with zero attached hydrogens (tertiary/aromatic N) is 2. The molecule has 0 aromatic carbocycles. The van der Waals surface area contributed by atoms with Gasteiger partial charge in [-0.25, -0.2) is 4.98 Å². The third kappa shape index (κ3) is 4.56. The highest BCUT2D eigenvalue weighted by atomic mass is 32.2. The van der Waals surface area contributed by atoms with Crippen LogP contribution in [-0.4, -0.2) is 47.9 Å². The lowest BCUT2D eigenvalue weighted by Gasteiger charge is -2.16. The van der Waals surface area contributed by atoms with Crippen molar-refractivity contribution < 1.29 is 4.79 Å². The van der Waals surface area contributed by atoms with Crippen LogP contribution in [0.3, 0.4) is 0 Å². The number of amides is 1. The van der Waals surface area contributed by atoms with Gasteiger partial charge >= 0.3 is 0 Å². The van der Waals surface area contributed by atoms with Crippen LogP contribution in [0.25, 0.3) is 0 Å². The topological polar surface area (TPSA) is 45.2 Å². The lowest BCUT2D eigenvalue weighted by atomic mass is 10.3. The van der Waals surface area contributed by atoms with Crippen molar-refractivity contribution in [3.63, 3.8) is 0 Å². The number of thioether (sulfide) groups is 1. The van der Waals surface area contributed by atoms with Gasteiger partial charge in [0.2, 0.25) is 0 Å². The monoisotopic (exact) mass is 267 g/mol. The predicted molar refractivity (Wildman–Crippen MR) is 78.4 cm³/mol. The molecule has 18 heavy (non-hydrogen) atoms. The van der Waals surface area contributed by atoms with E-state index >= 15 is 0 Å². The molecule has 4 nitrogen and oxygen atoms in total. The second-order valence-corrected chi connectivity index (χ2v) is 5.04. The standard InChI is InChI=1S/C13H21N3OS/c1-4-8-14-12-7-5-6-11(15-12)13(17)16(2)9-10-18-3/h5-7H,4,8-10H2,1-3H3,(H,14,15). The first kappa shape index (κ1) is 14.8. The summed E-state index contributed by atoms with van der Waals surface area (Å²) in [6.45, 7) is 3.71. The Balaban J connectivity index is 2.67. The Morgan fingerprint density at radius 3 is 2.94 bits per heavy atom. The van der Waals surface area contributed by atoms with Crippen LogP contribution >= 0.6 is 11.8 Å². The van der Waals surface area contributed by atoms with E-state index in [1.54, 1.807) is 22.7 Å². The maximum Gasteiger partial charge on any atom is 0.272 e. The Labute approximate surface area is 113 Å². The Morgan fingerprint density at radius 2 is 2.28 bits per heavy atom. The van der Waals surface area contributed by atoms with Gasteiger partial charge in [0.1, 0.15) is 11.5 Å². The molecule has 0 aliphatic heterocycles. The van der Waals surface area contributed by atoms with Gasteiger partial charge in [-0.1, -0.05) is 13.0 Å². The number of rotatable bonds is 7. The first-order valence-electron chi connectivity index (χ1n) is 6.14. The molecule has 0 spiro atoms. The fourth-order valence-corrected chi connectivity index (χ4v) is 1.89. The van der Waals surface area contributed by atoms with Crippen molar-refractivity contribution in [2.24, 2.45) is 0 Å². The highest BCUT2D eigenvalue weighted by molar-refractivity contribution is 7.98. The number of aromatic nitrogens is 1. The van der Waals surface area contributed by atoms with Crippen LogP contribution in [-0.2, 0) is 0 Å². The van der Waals surface area contributed by atoms with Crippen LogP contribution < -0.4 is 5.32 Å². The molecule has 1 N–H and O–H groups in total. The van der Waals surface area contributed by atoms with Crippen LogP contribution in [0.1, 0.15) is 23.8 Å².